The van der Waals surface area contributed by atoms with Gasteiger partial charge in [-0.15, -0.1) is 0 Å². The van der Waals surface area contributed by atoms with E-state index >= 15 is 0 Å². The Hall–Kier alpha value is -1.79. The topological polar surface area (TPSA) is 41.6 Å². The summed E-state index contributed by atoms with van der Waals surface area (Å²) < 4.78 is 1.87. The zero-order valence-electron chi connectivity index (χ0n) is 9.31. The van der Waals surface area contributed by atoms with Gasteiger partial charge >= 0.3 is 0 Å². The van der Waals surface area contributed by atoms with E-state index < -0.39 is 0 Å². The van der Waals surface area contributed by atoms with E-state index in [9.17, 15) is 0 Å². The maximum atomic E-state index is 8.67. The summed E-state index contributed by atoms with van der Waals surface area (Å²) in [5, 5.41) is 9.41. The van der Waals surface area contributed by atoms with Crippen LogP contribution in [0, 0.1) is 11.3 Å². The molecule has 0 radical (unpaired) electrons. The molecule has 0 unspecified atom stereocenters. The molecule has 0 fully saturated rings. The van der Waals surface area contributed by atoms with Crippen LogP contribution in [0.5, 0.6) is 0 Å². The van der Waals surface area contributed by atoms with Crippen LogP contribution < -0.4 is 0 Å². The maximum absolute atomic E-state index is 8.67. The molecule has 2 rings (SSSR count). The van der Waals surface area contributed by atoms with Crippen LogP contribution >= 0.6 is 11.6 Å². The first-order valence-electron chi connectivity index (χ1n) is 5.41. The molecule has 1 heterocycles. The minimum absolute atomic E-state index is 0.357. The van der Waals surface area contributed by atoms with Gasteiger partial charge in [-0.05, 0) is 24.1 Å². The van der Waals surface area contributed by atoms with Crippen LogP contribution in [0.4, 0.5) is 0 Å². The van der Waals surface area contributed by atoms with Gasteiger partial charge in [-0.1, -0.05) is 23.7 Å². The molecule has 3 nitrogen and oxygen atoms in total. The molecule has 4 heteroatoms. The highest BCUT2D eigenvalue weighted by Crippen LogP contribution is 2.11. The number of hydrogen-bond donors (Lipinski definition) is 0. The maximum Gasteiger partial charge on any atom is 0.111 e. The number of aromatic nitrogens is 2. The Morgan fingerprint density at radius 2 is 2.00 bits per heavy atom. The molecule has 17 heavy (non-hydrogen) atoms. The van der Waals surface area contributed by atoms with Crippen molar-refractivity contribution in [3.8, 4) is 6.07 Å². The van der Waals surface area contributed by atoms with Crippen molar-refractivity contribution in [3.05, 3.63) is 53.1 Å². The van der Waals surface area contributed by atoms with Crippen molar-refractivity contribution in [1.82, 2.24) is 9.55 Å². The zero-order chi connectivity index (χ0) is 12.1. The Bertz CT molecular complexity index is 522. The van der Waals surface area contributed by atoms with Crippen molar-refractivity contribution >= 4 is 11.6 Å². The van der Waals surface area contributed by atoms with E-state index in [0.717, 1.165) is 23.7 Å². The summed E-state index contributed by atoms with van der Waals surface area (Å²) in [6.07, 6.45) is 5.30. The molecule has 0 N–H and O–H groups in total. The summed E-state index contributed by atoms with van der Waals surface area (Å²) in [6, 6.07) is 9.92. The van der Waals surface area contributed by atoms with Crippen LogP contribution in [0.25, 0.3) is 0 Å². The number of hydrogen-bond acceptors (Lipinski definition) is 2. The first-order chi connectivity index (χ1) is 8.29. The van der Waals surface area contributed by atoms with Crippen LogP contribution in [-0.2, 0) is 19.4 Å². The molecule has 0 amide bonds. The second kappa shape index (κ2) is 5.51. The third-order valence-electron chi connectivity index (χ3n) is 2.59. The largest absolute Gasteiger partial charge is 0.321 e. The zero-order valence-corrected chi connectivity index (χ0v) is 10.1. The first kappa shape index (κ1) is 11.7. The van der Waals surface area contributed by atoms with Gasteiger partial charge in [-0.2, -0.15) is 5.26 Å². The average molecular weight is 246 g/mol. The van der Waals surface area contributed by atoms with Gasteiger partial charge in [0.1, 0.15) is 12.4 Å². The lowest BCUT2D eigenvalue weighted by Gasteiger charge is -2.03. The number of rotatable bonds is 4. The molecule has 0 atom stereocenters. The van der Waals surface area contributed by atoms with Gasteiger partial charge in [-0.25, -0.2) is 4.98 Å². The SMILES string of the molecule is N#CCn1ccnc1CCc1ccc(Cl)cc1. The molecule has 0 saturated heterocycles. The minimum atomic E-state index is 0.357. The molecule has 1 aromatic carbocycles. The predicted molar refractivity (Wildman–Crippen MR) is 66.7 cm³/mol. The molecule has 0 spiro atoms. The van der Waals surface area contributed by atoms with Crippen molar-refractivity contribution < 1.29 is 0 Å². The highest BCUT2D eigenvalue weighted by molar-refractivity contribution is 6.30. The lowest BCUT2D eigenvalue weighted by molar-refractivity contribution is 0.731. The van der Waals surface area contributed by atoms with Crippen LogP contribution in [0.15, 0.2) is 36.7 Å². The summed E-state index contributed by atoms with van der Waals surface area (Å²) in [5.74, 6) is 0.946. The summed E-state index contributed by atoms with van der Waals surface area (Å²) in [6.45, 7) is 0.357. The monoisotopic (exact) mass is 245 g/mol. The third-order valence-corrected chi connectivity index (χ3v) is 2.85. The normalized spacial score (nSPS) is 10.1. The van der Waals surface area contributed by atoms with E-state index in [1.807, 2.05) is 35.0 Å². The standard InChI is InChI=1S/C13H12ClN3/c14-12-4-1-11(2-5-12)3-6-13-16-8-10-17(13)9-7-15/h1-2,4-5,8,10H,3,6,9H2. The quantitative estimate of drug-likeness (QED) is 0.831. The molecular formula is C13H12ClN3. The van der Waals surface area contributed by atoms with Gasteiger partial charge in [0.15, 0.2) is 0 Å². The molecule has 1 aromatic heterocycles. The van der Waals surface area contributed by atoms with Crippen LogP contribution in [0.1, 0.15) is 11.4 Å². The smallest absolute Gasteiger partial charge is 0.111 e. The van der Waals surface area contributed by atoms with Crippen molar-refractivity contribution in [1.29, 1.82) is 5.26 Å². The van der Waals surface area contributed by atoms with Crippen molar-refractivity contribution in [2.45, 2.75) is 19.4 Å². The van der Waals surface area contributed by atoms with Crippen LogP contribution in [0.2, 0.25) is 5.02 Å². The van der Waals surface area contributed by atoms with Gasteiger partial charge < -0.3 is 4.57 Å². The second-order valence-corrected chi connectivity index (χ2v) is 4.19. The van der Waals surface area contributed by atoms with Crippen LogP contribution in [0.3, 0.4) is 0 Å². The van der Waals surface area contributed by atoms with Gasteiger partial charge in [0.25, 0.3) is 0 Å². The molecule has 2 aromatic rings. The molecule has 0 saturated carbocycles. The number of nitriles is 1. The Labute approximate surface area is 105 Å². The fourth-order valence-corrected chi connectivity index (χ4v) is 1.82. The summed E-state index contributed by atoms with van der Waals surface area (Å²) in [7, 11) is 0. The lowest BCUT2D eigenvalue weighted by atomic mass is 10.1. The number of halogens is 1. The summed E-state index contributed by atoms with van der Waals surface area (Å²) in [5.41, 5.74) is 1.22. The second-order valence-electron chi connectivity index (χ2n) is 3.76. The highest BCUT2D eigenvalue weighted by atomic mass is 35.5. The number of imidazole rings is 1. The summed E-state index contributed by atoms with van der Waals surface area (Å²) >= 11 is 5.83. The Morgan fingerprint density at radius 1 is 1.24 bits per heavy atom. The lowest BCUT2D eigenvalue weighted by Crippen LogP contribution is -2.03. The first-order valence-corrected chi connectivity index (χ1v) is 5.79. The van der Waals surface area contributed by atoms with Crippen molar-refractivity contribution in [2.75, 3.05) is 0 Å². The van der Waals surface area contributed by atoms with E-state index in [-0.39, 0.29) is 0 Å². The molecular weight excluding hydrogens is 234 g/mol. The average Bonchev–Trinajstić information content (AvgIpc) is 2.77. The van der Waals surface area contributed by atoms with E-state index in [4.69, 9.17) is 16.9 Å². The van der Waals surface area contributed by atoms with Gasteiger partial charge in [-0.3, -0.25) is 0 Å². The molecule has 0 aliphatic carbocycles. The van der Waals surface area contributed by atoms with E-state index in [0.29, 0.717) is 6.54 Å². The highest BCUT2D eigenvalue weighted by Gasteiger charge is 2.02. The van der Waals surface area contributed by atoms with Gasteiger partial charge in [0.2, 0.25) is 0 Å². The molecule has 0 bridgehead atoms. The molecule has 0 aliphatic heterocycles. The minimum Gasteiger partial charge on any atom is -0.321 e. The van der Waals surface area contributed by atoms with Crippen molar-refractivity contribution in [3.63, 3.8) is 0 Å². The van der Waals surface area contributed by atoms with Crippen LogP contribution in [-0.4, -0.2) is 9.55 Å². The number of nitrogens with zero attached hydrogens (tertiary/aromatic N) is 3. The fourth-order valence-electron chi connectivity index (χ4n) is 1.70. The van der Waals surface area contributed by atoms with Gasteiger partial charge in [0, 0.05) is 23.8 Å². The van der Waals surface area contributed by atoms with Crippen molar-refractivity contribution in [2.24, 2.45) is 0 Å². The summed E-state index contributed by atoms with van der Waals surface area (Å²) in [4.78, 5) is 4.25. The number of aryl methyl sites for hydroxylation is 2. The Morgan fingerprint density at radius 3 is 2.71 bits per heavy atom. The van der Waals surface area contributed by atoms with Gasteiger partial charge in [0.05, 0.1) is 6.07 Å². The van der Waals surface area contributed by atoms with E-state index in [1.165, 1.54) is 5.56 Å². The third kappa shape index (κ3) is 3.08. The Kier molecular flexibility index (Phi) is 3.79. The van der Waals surface area contributed by atoms with E-state index in [2.05, 4.69) is 11.1 Å². The predicted octanol–water partition coefficient (Wildman–Crippen LogP) is 2.85. The molecule has 0 aliphatic rings. The molecule has 86 valence electrons. The van der Waals surface area contributed by atoms with E-state index in [1.54, 1.807) is 6.20 Å². The number of benzene rings is 1. The fraction of sp³-hybridized carbons (Fsp3) is 0.231. The Balaban J connectivity index is 2.00.